The highest BCUT2D eigenvalue weighted by molar-refractivity contribution is 5.93. The minimum atomic E-state index is 0.0233. The maximum atomic E-state index is 12.0. The summed E-state index contributed by atoms with van der Waals surface area (Å²) in [5.41, 5.74) is 0.787. The molecular weight excluding hydrogens is 296 g/mol. The summed E-state index contributed by atoms with van der Waals surface area (Å²) >= 11 is 0. The number of rotatable bonds is 4. The van der Waals surface area contributed by atoms with Gasteiger partial charge in [-0.1, -0.05) is 0 Å². The predicted molar refractivity (Wildman–Crippen MR) is 87.0 cm³/mol. The van der Waals surface area contributed by atoms with Gasteiger partial charge in [0.1, 0.15) is 12.1 Å². The molecule has 0 atom stereocenters. The quantitative estimate of drug-likeness (QED) is 0.843. The fraction of sp³-hybridized carbons (Fsp3) is 0.438. The Morgan fingerprint density at radius 3 is 2.43 bits per heavy atom. The summed E-state index contributed by atoms with van der Waals surface area (Å²) in [5, 5.41) is 0.890. The van der Waals surface area contributed by atoms with Crippen molar-refractivity contribution >= 4 is 22.6 Å². The number of hydrogen-bond donors (Lipinski definition) is 0. The number of methoxy groups -OCH3 is 2. The van der Waals surface area contributed by atoms with Gasteiger partial charge in [-0.2, -0.15) is 0 Å². The molecule has 2 aromatic rings. The largest absolute Gasteiger partial charge is 0.493 e. The van der Waals surface area contributed by atoms with Gasteiger partial charge in [-0.3, -0.25) is 4.79 Å². The Kier molecular flexibility index (Phi) is 3.94. The molecule has 0 N–H and O–H groups in total. The maximum Gasteiger partial charge on any atom is 0.228 e. The molecule has 0 aliphatic carbocycles. The standard InChI is InChI=1S/C16H20N4O3/c1-19(2)16(21)10-7-20(8-10)15-11-5-13(22-3)14(23-4)6-12(11)17-9-18-15/h5-6,9-10H,7-8H2,1-4H3. The molecule has 1 aromatic carbocycles. The SMILES string of the molecule is COc1cc2ncnc(N3CC(C(=O)N(C)C)C3)c2cc1OC. The number of carbonyl (C=O) groups excluding carboxylic acids is 1. The first kappa shape index (κ1) is 15.3. The number of ether oxygens (including phenoxy) is 2. The monoisotopic (exact) mass is 316 g/mol. The van der Waals surface area contributed by atoms with E-state index in [1.54, 1.807) is 33.2 Å². The van der Waals surface area contributed by atoms with E-state index in [1.165, 1.54) is 6.33 Å². The fourth-order valence-electron chi connectivity index (χ4n) is 2.79. The summed E-state index contributed by atoms with van der Waals surface area (Å²) in [6, 6.07) is 3.71. The number of benzene rings is 1. The predicted octanol–water partition coefficient (Wildman–Crippen LogP) is 1.17. The molecule has 0 spiro atoms. The lowest BCUT2D eigenvalue weighted by Crippen LogP contribution is -2.53. The van der Waals surface area contributed by atoms with Crippen LogP contribution in [0.15, 0.2) is 18.5 Å². The molecule has 0 unspecified atom stereocenters. The first-order chi connectivity index (χ1) is 11.0. The van der Waals surface area contributed by atoms with Crippen molar-refractivity contribution in [3.05, 3.63) is 18.5 Å². The molecule has 1 aliphatic heterocycles. The summed E-state index contributed by atoms with van der Waals surface area (Å²) in [5.74, 6) is 2.26. The van der Waals surface area contributed by atoms with Crippen molar-refractivity contribution in [2.45, 2.75) is 0 Å². The van der Waals surface area contributed by atoms with Gasteiger partial charge in [0, 0.05) is 38.6 Å². The van der Waals surface area contributed by atoms with Crippen LogP contribution in [0.5, 0.6) is 11.5 Å². The lowest BCUT2D eigenvalue weighted by atomic mass is 9.98. The molecule has 0 saturated carbocycles. The van der Waals surface area contributed by atoms with Gasteiger partial charge in [-0.15, -0.1) is 0 Å². The van der Waals surface area contributed by atoms with Gasteiger partial charge in [0.25, 0.3) is 0 Å². The van der Waals surface area contributed by atoms with Crippen LogP contribution in [0.1, 0.15) is 0 Å². The Labute approximate surface area is 134 Å². The van der Waals surface area contributed by atoms with Crippen LogP contribution < -0.4 is 14.4 Å². The van der Waals surface area contributed by atoms with Gasteiger partial charge >= 0.3 is 0 Å². The van der Waals surface area contributed by atoms with E-state index in [0.717, 1.165) is 16.7 Å². The molecule has 23 heavy (non-hydrogen) atoms. The van der Waals surface area contributed by atoms with Crippen molar-refractivity contribution in [1.29, 1.82) is 0 Å². The van der Waals surface area contributed by atoms with Crippen LogP contribution in [-0.4, -0.2) is 62.2 Å². The first-order valence-corrected chi connectivity index (χ1v) is 7.38. The Bertz CT molecular complexity index is 741. The van der Waals surface area contributed by atoms with Gasteiger partial charge in [0.2, 0.25) is 5.91 Å². The summed E-state index contributed by atoms with van der Waals surface area (Å²) in [7, 11) is 6.76. The number of nitrogens with zero attached hydrogens (tertiary/aromatic N) is 4. The van der Waals surface area contributed by atoms with Crippen molar-refractivity contribution in [2.24, 2.45) is 5.92 Å². The third-order valence-corrected chi connectivity index (χ3v) is 4.09. The molecule has 122 valence electrons. The third kappa shape index (κ3) is 2.62. The molecule has 0 radical (unpaired) electrons. The number of carbonyl (C=O) groups is 1. The van der Waals surface area contributed by atoms with Crippen molar-refractivity contribution in [1.82, 2.24) is 14.9 Å². The lowest BCUT2D eigenvalue weighted by Gasteiger charge is -2.40. The van der Waals surface area contributed by atoms with Crippen molar-refractivity contribution in [2.75, 3.05) is 46.3 Å². The van der Waals surface area contributed by atoms with E-state index in [-0.39, 0.29) is 11.8 Å². The van der Waals surface area contributed by atoms with E-state index < -0.39 is 0 Å². The van der Waals surface area contributed by atoms with E-state index in [4.69, 9.17) is 9.47 Å². The topological polar surface area (TPSA) is 67.8 Å². The molecule has 7 heteroatoms. The second-order valence-corrected chi connectivity index (χ2v) is 5.76. The third-order valence-electron chi connectivity index (χ3n) is 4.09. The smallest absolute Gasteiger partial charge is 0.228 e. The summed E-state index contributed by atoms with van der Waals surface area (Å²) in [4.78, 5) is 24.4. The minimum Gasteiger partial charge on any atom is -0.493 e. The lowest BCUT2D eigenvalue weighted by molar-refractivity contribution is -0.133. The van der Waals surface area contributed by atoms with E-state index in [2.05, 4.69) is 14.9 Å². The van der Waals surface area contributed by atoms with Crippen LogP contribution in [0.4, 0.5) is 5.82 Å². The Morgan fingerprint density at radius 2 is 1.83 bits per heavy atom. The van der Waals surface area contributed by atoms with Gasteiger partial charge in [0.15, 0.2) is 11.5 Å². The van der Waals surface area contributed by atoms with Crippen molar-refractivity contribution in [3.8, 4) is 11.5 Å². The van der Waals surface area contributed by atoms with E-state index in [0.29, 0.717) is 24.6 Å². The van der Waals surface area contributed by atoms with Crippen molar-refractivity contribution in [3.63, 3.8) is 0 Å². The summed E-state index contributed by atoms with van der Waals surface area (Å²) in [6.07, 6.45) is 1.53. The van der Waals surface area contributed by atoms with Gasteiger partial charge in [-0.05, 0) is 6.07 Å². The molecule has 1 amide bonds. The fourth-order valence-corrected chi connectivity index (χ4v) is 2.79. The molecule has 1 fully saturated rings. The van der Waals surface area contributed by atoms with E-state index in [9.17, 15) is 4.79 Å². The van der Waals surface area contributed by atoms with Crippen LogP contribution in [0, 0.1) is 5.92 Å². The molecular formula is C16H20N4O3. The molecule has 3 rings (SSSR count). The number of hydrogen-bond acceptors (Lipinski definition) is 6. The van der Waals surface area contributed by atoms with Gasteiger partial charge in [-0.25, -0.2) is 9.97 Å². The Hall–Kier alpha value is -2.57. The zero-order chi connectivity index (χ0) is 16.6. The minimum absolute atomic E-state index is 0.0233. The maximum absolute atomic E-state index is 12.0. The molecule has 7 nitrogen and oxygen atoms in total. The van der Waals surface area contributed by atoms with Crippen molar-refractivity contribution < 1.29 is 14.3 Å². The van der Waals surface area contributed by atoms with Gasteiger partial charge < -0.3 is 19.3 Å². The van der Waals surface area contributed by atoms with Crippen LogP contribution in [-0.2, 0) is 4.79 Å². The number of fused-ring (bicyclic) bond motifs is 1. The highest BCUT2D eigenvalue weighted by Crippen LogP contribution is 2.36. The first-order valence-electron chi connectivity index (χ1n) is 7.38. The summed E-state index contributed by atoms with van der Waals surface area (Å²) in [6.45, 7) is 1.33. The number of amides is 1. The molecule has 1 aromatic heterocycles. The zero-order valence-corrected chi connectivity index (χ0v) is 13.7. The van der Waals surface area contributed by atoms with Gasteiger partial charge in [0.05, 0.1) is 25.7 Å². The van der Waals surface area contributed by atoms with Crippen LogP contribution in [0.25, 0.3) is 10.9 Å². The average molecular weight is 316 g/mol. The zero-order valence-electron chi connectivity index (χ0n) is 13.7. The second-order valence-electron chi connectivity index (χ2n) is 5.76. The average Bonchev–Trinajstić information content (AvgIpc) is 2.52. The number of anilines is 1. The Balaban J connectivity index is 1.92. The highest BCUT2D eigenvalue weighted by atomic mass is 16.5. The van der Waals surface area contributed by atoms with E-state index >= 15 is 0 Å². The molecule has 1 aliphatic rings. The molecule has 1 saturated heterocycles. The number of aromatic nitrogens is 2. The normalized spacial score (nSPS) is 14.5. The highest BCUT2D eigenvalue weighted by Gasteiger charge is 2.35. The van der Waals surface area contributed by atoms with E-state index in [1.807, 2.05) is 12.1 Å². The molecule has 2 heterocycles. The molecule has 0 bridgehead atoms. The van der Waals surface area contributed by atoms with Crippen LogP contribution >= 0.6 is 0 Å². The van der Waals surface area contributed by atoms with Crippen LogP contribution in [0.2, 0.25) is 0 Å². The second kappa shape index (κ2) is 5.91. The summed E-state index contributed by atoms with van der Waals surface area (Å²) < 4.78 is 10.7. The van der Waals surface area contributed by atoms with Crippen LogP contribution in [0.3, 0.4) is 0 Å². The Morgan fingerprint density at radius 1 is 1.17 bits per heavy atom.